The summed E-state index contributed by atoms with van der Waals surface area (Å²) < 4.78 is 0. The predicted octanol–water partition coefficient (Wildman–Crippen LogP) is 1.74. The molecule has 9 nitrogen and oxygen atoms in total. The van der Waals surface area contributed by atoms with Crippen LogP contribution in [0.2, 0.25) is 0 Å². The van der Waals surface area contributed by atoms with Crippen LogP contribution in [0.4, 0.5) is 17.1 Å². The molecule has 34 heavy (non-hydrogen) atoms. The van der Waals surface area contributed by atoms with Gasteiger partial charge in [-0.2, -0.15) is 0 Å². The van der Waals surface area contributed by atoms with Crippen LogP contribution in [0.5, 0.6) is 0 Å². The number of carbonyl (C=O) groups is 3. The van der Waals surface area contributed by atoms with Crippen molar-refractivity contribution in [3.63, 3.8) is 0 Å². The molecule has 0 fully saturated rings. The van der Waals surface area contributed by atoms with E-state index in [1.54, 1.807) is 77.7 Å². The van der Waals surface area contributed by atoms with Crippen molar-refractivity contribution >= 4 is 34.8 Å². The normalized spacial score (nSPS) is 10.4. The van der Waals surface area contributed by atoms with Crippen molar-refractivity contribution in [2.24, 2.45) is 0 Å². The first kappa shape index (κ1) is 24.1. The zero-order valence-electron chi connectivity index (χ0n) is 18.7. The van der Waals surface area contributed by atoms with E-state index in [0.717, 1.165) is 0 Å². The van der Waals surface area contributed by atoms with Gasteiger partial charge in [0.1, 0.15) is 0 Å². The number of benzene rings is 3. The van der Waals surface area contributed by atoms with Crippen LogP contribution in [0, 0.1) is 0 Å². The second-order valence-electron chi connectivity index (χ2n) is 7.67. The second-order valence-corrected chi connectivity index (χ2v) is 7.67. The monoisotopic (exact) mass is 460 g/mol. The number of nitrogen functional groups attached to an aromatic ring is 3. The Kier molecular flexibility index (Phi) is 8.07. The molecule has 3 rings (SSSR count). The third-order valence-corrected chi connectivity index (χ3v) is 5.13. The molecule has 0 saturated heterocycles. The number of nitrogens with zero attached hydrogens (tertiary/aromatic N) is 1. The Hall–Kier alpha value is -4.53. The fraction of sp³-hybridized carbons (Fsp3) is 0.160. The van der Waals surface area contributed by atoms with E-state index < -0.39 is 0 Å². The maximum absolute atomic E-state index is 13.1. The van der Waals surface area contributed by atoms with Gasteiger partial charge in [-0.15, -0.1) is 0 Å². The van der Waals surface area contributed by atoms with Crippen molar-refractivity contribution < 1.29 is 14.4 Å². The molecule has 0 aliphatic rings. The van der Waals surface area contributed by atoms with E-state index in [1.165, 1.54) is 0 Å². The second kappa shape index (κ2) is 11.4. The number of rotatable bonds is 9. The SMILES string of the molecule is Nc1ccc(C(=O)NCCN(CCNC(=O)c2ccc(N)cc2)C(=O)c2ccc(N)cc2)cc1. The number of hydrogen-bond donors (Lipinski definition) is 5. The Morgan fingerprint density at radius 3 is 1.24 bits per heavy atom. The topological polar surface area (TPSA) is 157 Å². The number of amides is 3. The number of nitrogens with one attached hydrogen (secondary N) is 2. The molecule has 0 heterocycles. The molecule has 0 unspecified atom stereocenters. The van der Waals surface area contributed by atoms with Crippen LogP contribution >= 0.6 is 0 Å². The van der Waals surface area contributed by atoms with Crippen molar-refractivity contribution in [1.82, 2.24) is 15.5 Å². The highest BCUT2D eigenvalue weighted by molar-refractivity contribution is 5.96. The maximum atomic E-state index is 13.1. The van der Waals surface area contributed by atoms with Gasteiger partial charge in [0.05, 0.1) is 0 Å². The highest BCUT2D eigenvalue weighted by Crippen LogP contribution is 2.10. The molecular weight excluding hydrogens is 432 g/mol. The summed E-state index contributed by atoms with van der Waals surface area (Å²) in [4.78, 5) is 39.3. The number of hydrogen-bond acceptors (Lipinski definition) is 6. The highest BCUT2D eigenvalue weighted by Gasteiger charge is 2.17. The summed E-state index contributed by atoms with van der Waals surface area (Å²) in [6, 6.07) is 19.7. The van der Waals surface area contributed by atoms with Gasteiger partial charge in [-0.3, -0.25) is 14.4 Å². The zero-order valence-corrected chi connectivity index (χ0v) is 18.7. The standard InChI is InChI=1S/C25H28N6O3/c26-20-7-1-17(2-8-20)23(32)29-13-15-31(25(34)19-5-11-22(28)12-6-19)16-14-30-24(33)18-3-9-21(27)10-4-18/h1-12H,13-16,26-28H2,(H,29,32)(H,30,33). The Morgan fingerprint density at radius 1 is 0.559 bits per heavy atom. The van der Waals surface area contributed by atoms with Gasteiger partial charge in [0.15, 0.2) is 0 Å². The van der Waals surface area contributed by atoms with Crippen molar-refractivity contribution in [2.45, 2.75) is 0 Å². The first-order chi connectivity index (χ1) is 16.3. The van der Waals surface area contributed by atoms with E-state index in [9.17, 15) is 14.4 Å². The van der Waals surface area contributed by atoms with Gasteiger partial charge >= 0.3 is 0 Å². The molecule has 9 heteroatoms. The van der Waals surface area contributed by atoms with Gasteiger partial charge < -0.3 is 32.7 Å². The molecule has 176 valence electrons. The van der Waals surface area contributed by atoms with E-state index in [1.807, 2.05) is 0 Å². The Balaban J connectivity index is 1.60. The summed E-state index contributed by atoms with van der Waals surface area (Å²) in [6.45, 7) is 0.967. The average Bonchev–Trinajstić information content (AvgIpc) is 2.83. The maximum Gasteiger partial charge on any atom is 0.253 e. The largest absolute Gasteiger partial charge is 0.399 e. The smallest absolute Gasteiger partial charge is 0.253 e. The summed E-state index contributed by atoms with van der Waals surface area (Å²) in [6.07, 6.45) is 0. The molecule has 3 aromatic carbocycles. The lowest BCUT2D eigenvalue weighted by atomic mass is 10.1. The summed E-state index contributed by atoms with van der Waals surface area (Å²) in [5.41, 5.74) is 20.1. The van der Waals surface area contributed by atoms with Crippen molar-refractivity contribution in [1.29, 1.82) is 0 Å². The summed E-state index contributed by atoms with van der Waals surface area (Å²) >= 11 is 0. The van der Waals surface area contributed by atoms with Crippen molar-refractivity contribution in [3.8, 4) is 0 Å². The third kappa shape index (κ3) is 6.73. The van der Waals surface area contributed by atoms with Crippen LogP contribution in [-0.2, 0) is 0 Å². The average molecular weight is 461 g/mol. The van der Waals surface area contributed by atoms with Crippen LogP contribution in [-0.4, -0.2) is 48.8 Å². The van der Waals surface area contributed by atoms with Gasteiger partial charge in [-0.05, 0) is 72.8 Å². The first-order valence-electron chi connectivity index (χ1n) is 10.8. The van der Waals surface area contributed by atoms with E-state index in [2.05, 4.69) is 10.6 Å². The highest BCUT2D eigenvalue weighted by atomic mass is 16.2. The summed E-state index contributed by atoms with van der Waals surface area (Å²) in [7, 11) is 0. The minimum atomic E-state index is -0.267. The van der Waals surface area contributed by atoms with Gasteiger partial charge in [0.2, 0.25) is 0 Å². The third-order valence-electron chi connectivity index (χ3n) is 5.13. The first-order valence-corrected chi connectivity index (χ1v) is 10.8. The minimum absolute atomic E-state index is 0.232. The van der Waals surface area contributed by atoms with Gasteiger partial charge in [-0.25, -0.2) is 0 Å². The van der Waals surface area contributed by atoms with Crippen molar-refractivity contribution in [3.05, 3.63) is 89.5 Å². The summed E-state index contributed by atoms with van der Waals surface area (Å²) in [5.74, 6) is -0.767. The van der Waals surface area contributed by atoms with Crippen LogP contribution in [0.3, 0.4) is 0 Å². The molecule has 0 aromatic heterocycles. The Labute approximate surface area is 197 Å². The fourth-order valence-corrected chi connectivity index (χ4v) is 3.21. The summed E-state index contributed by atoms with van der Waals surface area (Å²) in [5, 5.41) is 5.60. The molecule has 0 atom stereocenters. The molecule has 0 radical (unpaired) electrons. The number of anilines is 3. The predicted molar refractivity (Wildman–Crippen MR) is 133 cm³/mol. The molecule has 0 aliphatic heterocycles. The molecule has 0 aliphatic carbocycles. The zero-order chi connectivity index (χ0) is 24.5. The molecule has 3 amide bonds. The van der Waals surface area contributed by atoms with E-state index in [4.69, 9.17) is 17.2 Å². The molecular formula is C25H28N6O3. The minimum Gasteiger partial charge on any atom is -0.399 e. The number of carbonyl (C=O) groups excluding carboxylic acids is 3. The van der Waals surface area contributed by atoms with E-state index in [-0.39, 0.29) is 43.9 Å². The van der Waals surface area contributed by atoms with Crippen LogP contribution < -0.4 is 27.8 Å². The molecule has 0 saturated carbocycles. The molecule has 0 spiro atoms. The van der Waals surface area contributed by atoms with Gasteiger partial charge in [0, 0.05) is 59.9 Å². The lowest BCUT2D eigenvalue weighted by Gasteiger charge is -2.23. The number of nitrogens with two attached hydrogens (primary N) is 3. The quantitative estimate of drug-likeness (QED) is 0.306. The Morgan fingerprint density at radius 2 is 0.882 bits per heavy atom. The fourth-order valence-electron chi connectivity index (χ4n) is 3.21. The van der Waals surface area contributed by atoms with E-state index >= 15 is 0 Å². The van der Waals surface area contributed by atoms with Crippen molar-refractivity contribution in [2.75, 3.05) is 43.4 Å². The van der Waals surface area contributed by atoms with Crippen LogP contribution in [0.1, 0.15) is 31.1 Å². The molecule has 8 N–H and O–H groups in total. The van der Waals surface area contributed by atoms with E-state index in [0.29, 0.717) is 33.8 Å². The lowest BCUT2D eigenvalue weighted by Crippen LogP contribution is -2.42. The van der Waals surface area contributed by atoms with Crippen LogP contribution in [0.15, 0.2) is 72.8 Å². The lowest BCUT2D eigenvalue weighted by molar-refractivity contribution is 0.0743. The van der Waals surface area contributed by atoms with Gasteiger partial charge in [-0.1, -0.05) is 0 Å². The molecule has 3 aromatic rings. The van der Waals surface area contributed by atoms with Crippen LogP contribution in [0.25, 0.3) is 0 Å². The molecule has 0 bridgehead atoms. The van der Waals surface area contributed by atoms with Gasteiger partial charge in [0.25, 0.3) is 17.7 Å². The Bertz CT molecular complexity index is 1070.